The Labute approximate surface area is 447 Å². The number of esters is 2. The minimum Gasteiger partial charge on any atom is -0.468 e. The Morgan fingerprint density at radius 2 is 0.842 bits per heavy atom. The first-order chi connectivity index (χ1) is 35.1. The molecule has 20 nitrogen and oxygen atoms in total. The predicted octanol–water partition coefficient (Wildman–Crippen LogP) is 10.4. The highest BCUT2D eigenvalue weighted by Crippen LogP contribution is 2.58. The average molecular weight is 1060 g/mol. The molecule has 4 amide bonds. The summed E-state index contributed by atoms with van der Waals surface area (Å²) < 4.78 is 35.8. The number of amides is 4. The van der Waals surface area contributed by atoms with Crippen molar-refractivity contribution in [2.75, 3.05) is 27.3 Å². The molecule has 4 aromatic rings. The Kier molecular flexibility index (Phi) is 18.3. The Balaban J connectivity index is 0.000000281. The minimum absolute atomic E-state index is 0.0709. The number of aromatic nitrogens is 6. The quantitative estimate of drug-likeness (QED) is 0.0845. The third kappa shape index (κ3) is 15.6. The second-order valence-corrected chi connectivity index (χ2v) is 24.3. The highest BCUT2D eigenvalue weighted by Gasteiger charge is 2.64. The van der Waals surface area contributed by atoms with Crippen LogP contribution in [0, 0.1) is 37.5 Å². The molecule has 2 saturated carbocycles. The fraction of sp³-hybridized carbons (Fsp3) is 0.607. The number of imidazole rings is 2. The van der Waals surface area contributed by atoms with Crippen molar-refractivity contribution < 1.29 is 57.2 Å². The van der Waals surface area contributed by atoms with Gasteiger partial charge < -0.3 is 28.4 Å². The lowest BCUT2D eigenvalue weighted by Gasteiger charge is -2.30. The number of imide groups is 2. The van der Waals surface area contributed by atoms with Crippen LogP contribution >= 0.6 is 0 Å². The zero-order chi connectivity index (χ0) is 56.9. The van der Waals surface area contributed by atoms with Crippen molar-refractivity contribution in [2.45, 2.75) is 170 Å². The van der Waals surface area contributed by atoms with Crippen molar-refractivity contribution >= 4 is 36.3 Å². The fourth-order valence-corrected chi connectivity index (χ4v) is 8.97. The molecule has 0 aliphatic heterocycles. The molecular weight excluding hydrogens is 977 g/mol. The Morgan fingerprint density at radius 1 is 0.539 bits per heavy atom. The molecule has 4 heterocycles. The van der Waals surface area contributed by atoms with Gasteiger partial charge in [-0.15, -0.1) is 0 Å². The Morgan fingerprint density at radius 3 is 1.09 bits per heavy atom. The lowest BCUT2D eigenvalue weighted by molar-refractivity contribution is -0.145. The first-order valence-corrected chi connectivity index (χ1v) is 25.7. The number of carbonyl (C=O) groups excluding carboxylic acids is 6. The maximum Gasteiger partial charge on any atom is 0.419 e. The molecule has 0 radical (unpaired) electrons. The smallest absolute Gasteiger partial charge is 0.419 e. The Bertz CT molecular complexity index is 2450. The highest BCUT2D eigenvalue weighted by atomic mass is 16.6. The van der Waals surface area contributed by atoms with Crippen LogP contribution in [0.3, 0.4) is 0 Å². The molecule has 20 heteroatoms. The summed E-state index contributed by atoms with van der Waals surface area (Å²) in [6, 6.07) is 7.70. The monoisotopic (exact) mass is 1060 g/mol. The fourth-order valence-electron chi connectivity index (χ4n) is 8.97. The van der Waals surface area contributed by atoms with E-state index in [1.807, 2.05) is 64.4 Å². The largest absolute Gasteiger partial charge is 0.468 e. The summed E-state index contributed by atoms with van der Waals surface area (Å²) in [6.45, 7) is 28.8. The van der Waals surface area contributed by atoms with E-state index in [4.69, 9.17) is 28.4 Å². The number of nitrogens with zero attached hydrogens (tertiary/aromatic N) is 8. The van der Waals surface area contributed by atoms with Gasteiger partial charge in [0.2, 0.25) is 0 Å². The molecule has 76 heavy (non-hydrogen) atoms. The van der Waals surface area contributed by atoms with Crippen molar-refractivity contribution in [2.24, 2.45) is 23.7 Å². The molecule has 2 aliphatic rings. The first kappa shape index (κ1) is 60.0. The normalized spacial score (nSPS) is 19.9. The van der Waals surface area contributed by atoms with E-state index < -0.39 is 57.6 Å². The number of aryl methyl sites for hydroxylation is 2. The highest BCUT2D eigenvalue weighted by molar-refractivity contribution is 5.89. The van der Waals surface area contributed by atoms with E-state index in [1.165, 1.54) is 14.2 Å². The van der Waals surface area contributed by atoms with E-state index in [1.54, 1.807) is 117 Å². The molecular formula is C56H80N8O12. The molecule has 2 aliphatic carbocycles. The van der Waals surface area contributed by atoms with Crippen LogP contribution in [-0.2, 0) is 48.8 Å². The van der Waals surface area contributed by atoms with E-state index in [0.29, 0.717) is 48.7 Å². The molecule has 0 spiro atoms. The summed E-state index contributed by atoms with van der Waals surface area (Å²) in [5.41, 5.74) is -1.57. The van der Waals surface area contributed by atoms with E-state index in [-0.39, 0.29) is 48.7 Å². The number of pyridine rings is 2. The topological polar surface area (TPSA) is 226 Å². The number of ether oxygens (including phenoxy) is 6. The predicted molar refractivity (Wildman–Crippen MR) is 282 cm³/mol. The lowest BCUT2D eigenvalue weighted by Crippen LogP contribution is -2.45. The molecule has 0 bridgehead atoms. The van der Waals surface area contributed by atoms with E-state index in [2.05, 4.69) is 19.9 Å². The summed E-state index contributed by atoms with van der Waals surface area (Å²) >= 11 is 0. The van der Waals surface area contributed by atoms with Gasteiger partial charge in [-0.1, -0.05) is 26.0 Å². The number of rotatable bonds is 14. The van der Waals surface area contributed by atoms with Crippen LogP contribution < -0.4 is 0 Å². The molecule has 4 aromatic heterocycles. The standard InChI is InChI=1S/2C28H40N4O6/c2*1-18-10-11-22(29-14-18)31-16-21(30-17-31)28(23(33)36-9)13-20(28)12-19(2)15-32(24(34)37-26(3,4)5)25(35)38-27(6,7)8/h2*10-11,14,16-17,19-20H,12-13,15H2,1-9H3/t19-,20+,28-;19-,20-,28+/m11/s1. The molecule has 0 saturated heterocycles. The maximum absolute atomic E-state index is 13.0. The van der Waals surface area contributed by atoms with Gasteiger partial charge in [0.15, 0.2) is 0 Å². The maximum atomic E-state index is 13.0. The number of hydrogen-bond donors (Lipinski definition) is 0. The molecule has 0 unspecified atom stereocenters. The van der Waals surface area contributed by atoms with Gasteiger partial charge >= 0.3 is 36.3 Å². The zero-order valence-corrected chi connectivity index (χ0v) is 47.8. The van der Waals surface area contributed by atoms with Gasteiger partial charge in [0.05, 0.1) is 25.6 Å². The van der Waals surface area contributed by atoms with E-state index in [9.17, 15) is 28.8 Å². The van der Waals surface area contributed by atoms with Gasteiger partial charge in [0, 0.05) is 37.9 Å². The average Bonchev–Trinajstić information content (AvgIpc) is 4.00. The first-order valence-electron chi connectivity index (χ1n) is 25.7. The molecule has 0 N–H and O–H groups in total. The second kappa shape index (κ2) is 23.2. The van der Waals surface area contributed by atoms with Gasteiger partial charge in [-0.05, 0) is 170 Å². The van der Waals surface area contributed by atoms with E-state index >= 15 is 0 Å². The van der Waals surface area contributed by atoms with Crippen LogP contribution in [0.5, 0.6) is 0 Å². The van der Waals surface area contributed by atoms with Gasteiger partial charge in [0.25, 0.3) is 0 Å². The number of carbonyl (C=O) groups is 6. The van der Waals surface area contributed by atoms with Crippen molar-refractivity contribution in [3.8, 4) is 11.6 Å². The summed E-state index contributed by atoms with van der Waals surface area (Å²) in [7, 11) is 2.74. The van der Waals surface area contributed by atoms with E-state index in [0.717, 1.165) is 20.9 Å². The van der Waals surface area contributed by atoms with Crippen molar-refractivity contribution in [1.29, 1.82) is 0 Å². The number of methoxy groups -OCH3 is 2. The molecule has 416 valence electrons. The van der Waals surface area contributed by atoms with Gasteiger partial charge in [-0.3, -0.25) is 18.7 Å². The Hall–Kier alpha value is -6.86. The summed E-state index contributed by atoms with van der Waals surface area (Å²) in [6.07, 6.45) is 9.63. The van der Waals surface area contributed by atoms with Crippen molar-refractivity contribution in [3.63, 3.8) is 0 Å². The lowest BCUT2D eigenvalue weighted by atomic mass is 9.94. The molecule has 6 atom stereocenters. The van der Waals surface area contributed by atoms with Gasteiger partial charge in [-0.2, -0.15) is 0 Å². The van der Waals surface area contributed by atoms with Crippen LogP contribution in [0.2, 0.25) is 0 Å². The van der Waals surface area contributed by atoms with Crippen LogP contribution in [0.4, 0.5) is 19.2 Å². The summed E-state index contributed by atoms with van der Waals surface area (Å²) in [5.74, 6) is 0.258. The summed E-state index contributed by atoms with van der Waals surface area (Å²) in [5, 5.41) is 0. The summed E-state index contributed by atoms with van der Waals surface area (Å²) in [4.78, 5) is 97.5. The van der Waals surface area contributed by atoms with Crippen LogP contribution in [0.1, 0.15) is 145 Å². The van der Waals surface area contributed by atoms with Gasteiger partial charge in [-0.25, -0.2) is 48.9 Å². The van der Waals surface area contributed by atoms with Crippen LogP contribution in [0.25, 0.3) is 11.6 Å². The second-order valence-electron chi connectivity index (χ2n) is 24.3. The molecule has 6 rings (SSSR count). The third-order valence-corrected chi connectivity index (χ3v) is 12.5. The molecule has 0 aromatic carbocycles. The zero-order valence-electron chi connectivity index (χ0n) is 47.8. The molecule has 2 fully saturated rings. The van der Waals surface area contributed by atoms with Crippen LogP contribution in [-0.4, -0.2) is 125 Å². The SMILES string of the molecule is COC(=O)[C@@]1(c2cn(-c3ccc(C)cn3)cn2)C[C@H]1C[C@@H](C)CN(C(=O)OC(C)(C)C)C(=O)OC(C)(C)C.COC(=O)[C@]1(c2cn(-c3ccc(C)cn3)cn2)C[C@@H]1C[C@@H](C)CN(C(=O)OC(C)(C)C)C(=O)OC(C)(C)C. The van der Waals surface area contributed by atoms with Gasteiger partial charge in [0.1, 0.15) is 57.5 Å². The van der Waals surface area contributed by atoms with Crippen molar-refractivity contribution in [1.82, 2.24) is 38.9 Å². The number of hydrogen-bond acceptors (Lipinski definition) is 16. The van der Waals surface area contributed by atoms with Crippen LogP contribution in [0.15, 0.2) is 61.7 Å². The minimum atomic E-state index is -0.887. The third-order valence-electron chi connectivity index (χ3n) is 12.5. The van der Waals surface area contributed by atoms with Crippen molar-refractivity contribution in [3.05, 3.63) is 84.2 Å².